The normalized spacial score (nSPS) is 11.0. The van der Waals surface area contributed by atoms with Gasteiger partial charge in [0.05, 0.1) is 6.61 Å². The Morgan fingerprint density at radius 2 is 1.75 bits per heavy atom. The second kappa shape index (κ2) is 10.7. The van der Waals surface area contributed by atoms with Crippen LogP contribution in [0.15, 0.2) is 24.3 Å². The van der Waals surface area contributed by atoms with Crippen LogP contribution in [0.1, 0.15) is 19.4 Å². The van der Waals surface area contributed by atoms with Crippen molar-refractivity contribution >= 4 is 0 Å². The summed E-state index contributed by atoms with van der Waals surface area (Å²) in [4.78, 5) is 2.33. The molecule has 4 nitrogen and oxygen atoms in total. The molecule has 1 aromatic rings. The highest BCUT2D eigenvalue weighted by molar-refractivity contribution is 5.27. The Bertz CT molecular complexity index is 341. The number of rotatable bonds is 11. The third-order valence-corrected chi connectivity index (χ3v) is 3.24. The second-order valence-corrected chi connectivity index (χ2v) is 4.66. The molecule has 1 rings (SSSR count). The molecule has 0 spiro atoms. The van der Waals surface area contributed by atoms with E-state index in [0.717, 1.165) is 45.0 Å². The number of ether oxygens (including phenoxy) is 2. The van der Waals surface area contributed by atoms with E-state index in [1.54, 1.807) is 0 Å². The second-order valence-electron chi connectivity index (χ2n) is 4.66. The molecule has 0 atom stereocenters. The molecule has 0 heterocycles. The van der Waals surface area contributed by atoms with E-state index in [9.17, 15) is 0 Å². The lowest BCUT2D eigenvalue weighted by molar-refractivity contribution is 0.108. The fraction of sp³-hybridized carbons (Fsp3) is 0.625. The highest BCUT2D eigenvalue weighted by Gasteiger charge is 2.02. The zero-order chi connectivity index (χ0) is 14.6. The van der Waals surface area contributed by atoms with Gasteiger partial charge < -0.3 is 15.2 Å². The van der Waals surface area contributed by atoms with Gasteiger partial charge in [-0.15, -0.1) is 0 Å². The van der Waals surface area contributed by atoms with E-state index in [4.69, 9.17) is 15.2 Å². The van der Waals surface area contributed by atoms with Crippen LogP contribution >= 0.6 is 0 Å². The molecule has 0 fully saturated rings. The maximum atomic E-state index is 5.76. The summed E-state index contributed by atoms with van der Waals surface area (Å²) in [6.07, 6.45) is 0.918. The van der Waals surface area contributed by atoms with Gasteiger partial charge in [-0.25, -0.2) is 0 Å². The van der Waals surface area contributed by atoms with Gasteiger partial charge in [0.25, 0.3) is 0 Å². The third-order valence-electron chi connectivity index (χ3n) is 3.24. The average molecular weight is 280 g/mol. The van der Waals surface area contributed by atoms with E-state index in [1.807, 2.05) is 19.1 Å². The smallest absolute Gasteiger partial charge is 0.119 e. The lowest BCUT2D eigenvalue weighted by Gasteiger charge is -2.20. The molecule has 2 N–H and O–H groups in total. The maximum absolute atomic E-state index is 5.76. The molecule has 0 aliphatic carbocycles. The molecule has 0 radical (unpaired) electrons. The highest BCUT2D eigenvalue weighted by atomic mass is 16.5. The standard InChI is InChI=1S/C16H28N2O2/c1-3-18(11-13-19-4-2)12-14-20-16-7-5-15(6-8-16)9-10-17/h5-8H,3-4,9-14,17H2,1-2H3. The van der Waals surface area contributed by atoms with Crippen molar-refractivity contribution in [1.82, 2.24) is 4.90 Å². The predicted molar refractivity (Wildman–Crippen MR) is 83.3 cm³/mol. The Kier molecular flexibility index (Phi) is 9.04. The first-order chi connectivity index (χ1) is 9.80. The van der Waals surface area contributed by atoms with Crippen molar-refractivity contribution in [2.45, 2.75) is 20.3 Å². The van der Waals surface area contributed by atoms with Crippen molar-refractivity contribution in [2.24, 2.45) is 5.73 Å². The van der Waals surface area contributed by atoms with Gasteiger partial charge in [-0.2, -0.15) is 0 Å². The SMILES string of the molecule is CCOCCN(CC)CCOc1ccc(CCN)cc1. The van der Waals surface area contributed by atoms with Gasteiger partial charge in [0.1, 0.15) is 12.4 Å². The summed E-state index contributed by atoms with van der Waals surface area (Å²) in [5.41, 5.74) is 6.79. The Labute approximate surface area is 122 Å². The highest BCUT2D eigenvalue weighted by Crippen LogP contribution is 2.12. The minimum Gasteiger partial charge on any atom is -0.492 e. The van der Waals surface area contributed by atoms with Crippen molar-refractivity contribution in [3.05, 3.63) is 29.8 Å². The lowest BCUT2D eigenvalue weighted by atomic mass is 10.1. The topological polar surface area (TPSA) is 47.7 Å². The number of hydrogen-bond acceptors (Lipinski definition) is 4. The van der Waals surface area contributed by atoms with Crippen LogP contribution < -0.4 is 10.5 Å². The van der Waals surface area contributed by atoms with Crippen LogP contribution in [0.25, 0.3) is 0 Å². The average Bonchev–Trinajstić information content (AvgIpc) is 2.48. The first kappa shape index (κ1) is 17.0. The maximum Gasteiger partial charge on any atom is 0.119 e. The fourth-order valence-corrected chi connectivity index (χ4v) is 1.98. The van der Waals surface area contributed by atoms with Gasteiger partial charge in [0, 0.05) is 19.7 Å². The molecular formula is C16H28N2O2. The summed E-state index contributed by atoms with van der Waals surface area (Å²) in [5.74, 6) is 0.923. The minimum atomic E-state index is 0.686. The fourth-order valence-electron chi connectivity index (χ4n) is 1.98. The van der Waals surface area contributed by atoms with Crippen molar-refractivity contribution < 1.29 is 9.47 Å². The summed E-state index contributed by atoms with van der Waals surface area (Å²) in [6.45, 7) is 10.0. The van der Waals surface area contributed by atoms with Crippen LogP contribution in [-0.4, -0.2) is 50.9 Å². The summed E-state index contributed by atoms with van der Waals surface area (Å²) >= 11 is 0. The zero-order valence-electron chi connectivity index (χ0n) is 12.8. The monoisotopic (exact) mass is 280 g/mol. The minimum absolute atomic E-state index is 0.686. The molecule has 0 amide bonds. The van der Waals surface area contributed by atoms with Gasteiger partial charge in [-0.05, 0) is 44.1 Å². The largest absolute Gasteiger partial charge is 0.492 e. The number of nitrogens with zero attached hydrogens (tertiary/aromatic N) is 1. The molecular weight excluding hydrogens is 252 g/mol. The van der Waals surface area contributed by atoms with Crippen molar-refractivity contribution in [3.8, 4) is 5.75 Å². The predicted octanol–water partition coefficient (Wildman–Crippen LogP) is 1.92. The number of benzene rings is 1. The summed E-state index contributed by atoms with van der Waals surface area (Å²) in [7, 11) is 0. The Hall–Kier alpha value is -1.10. The van der Waals surface area contributed by atoms with E-state index in [-0.39, 0.29) is 0 Å². The van der Waals surface area contributed by atoms with Gasteiger partial charge in [0.2, 0.25) is 0 Å². The van der Waals surface area contributed by atoms with Gasteiger partial charge in [-0.1, -0.05) is 19.1 Å². The molecule has 4 heteroatoms. The quantitative estimate of drug-likeness (QED) is 0.629. The Balaban J connectivity index is 2.24. The van der Waals surface area contributed by atoms with E-state index >= 15 is 0 Å². The molecule has 0 saturated carbocycles. The van der Waals surface area contributed by atoms with E-state index in [0.29, 0.717) is 13.2 Å². The summed E-state index contributed by atoms with van der Waals surface area (Å²) in [6, 6.07) is 8.19. The van der Waals surface area contributed by atoms with Gasteiger partial charge in [-0.3, -0.25) is 4.90 Å². The summed E-state index contributed by atoms with van der Waals surface area (Å²) in [5, 5.41) is 0. The molecule has 0 aromatic heterocycles. The van der Waals surface area contributed by atoms with Crippen LogP contribution in [0.3, 0.4) is 0 Å². The number of nitrogens with two attached hydrogens (primary N) is 1. The molecule has 0 bridgehead atoms. The Morgan fingerprint density at radius 1 is 1.05 bits per heavy atom. The first-order valence-corrected chi connectivity index (χ1v) is 7.52. The van der Waals surface area contributed by atoms with Crippen molar-refractivity contribution in [3.63, 3.8) is 0 Å². The van der Waals surface area contributed by atoms with E-state index < -0.39 is 0 Å². The van der Waals surface area contributed by atoms with Crippen molar-refractivity contribution in [1.29, 1.82) is 0 Å². The number of likely N-dealkylation sites (N-methyl/N-ethyl adjacent to an activating group) is 1. The molecule has 0 unspecified atom stereocenters. The van der Waals surface area contributed by atoms with Crippen LogP contribution in [0.5, 0.6) is 5.75 Å². The molecule has 0 aliphatic rings. The van der Waals surface area contributed by atoms with Crippen LogP contribution in [0.4, 0.5) is 0 Å². The Morgan fingerprint density at radius 3 is 2.35 bits per heavy atom. The first-order valence-electron chi connectivity index (χ1n) is 7.52. The lowest BCUT2D eigenvalue weighted by Crippen LogP contribution is -2.31. The molecule has 0 saturated heterocycles. The molecule has 1 aromatic carbocycles. The van der Waals surface area contributed by atoms with Crippen LogP contribution in [-0.2, 0) is 11.2 Å². The van der Waals surface area contributed by atoms with Gasteiger partial charge >= 0.3 is 0 Å². The molecule has 20 heavy (non-hydrogen) atoms. The third kappa shape index (κ3) is 6.89. The van der Waals surface area contributed by atoms with Gasteiger partial charge in [0.15, 0.2) is 0 Å². The van der Waals surface area contributed by atoms with E-state index in [1.165, 1.54) is 5.56 Å². The van der Waals surface area contributed by atoms with Crippen LogP contribution in [0.2, 0.25) is 0 Å². The molecule has 0 aliphatic heterocycles. The molecule has 114 valence electrons. The van der Waals surface area contributed by atoms with E-state index in [2.05, 4.69) is 24.0 Å². The van der Waals surface area contributed by atoms with Crippen molar-refractivity contribution in [2.75, 3.05) is 46.0 Å². The van der Waals surface area contributed by atoms with Crippen LogP contribution in [0, 0.1) is 0 Å². The zero-order valence-corrected chi connectivity index (χ0v) is 12.8. The number of hydrogen-bond donors (Lipinski definition) is 1. The summed E-state index contributed by atoms with van der Waals surface area (Å²) < 4.78 is 11.1.